The van der Waals surface area contributed by atoms with Gasteiger partial charge in [0.05, 0.1) is 4.92 Å². The molecule has 2 rings (SSSR count). The first-order valence-corrected chi connectivity index (χ1v) is 6.03. The van der Waals surface area contributed by atoms with E-state index in [9.17, 15) is 10.1 Å². The largest absolute Gasteiger partial charge is 0.424 e. The fraction of sp³-hybridized carbons (Fsp3) is 0.417. The Morgan fingerprint density at radius 1 is 1.47 bits per heavy atom. The van der Waals surface area contributed by atoms with Gasteiger partial charge in [-0.2, -0.15) is 4.98 Å². The molecule has 1 aromatic heterocycles. The van der Waals surface area contributed by atoms with Crippen molar-refractivity contribution in [3.63, 3.8) is 0 Å². The molecule has 0 saturated carbocycles. The van der Waals surface area contributed by atoms with Crippen molar-refractivity contribution in [3.05, 3.63) is 28.3 Å². The molecule has 0 amide bonds. The first-order valence-electron chi connectivity index (χ1n) is 6.03. The minimum atomic E-state index is -0.448. The smallest absolute Gasteiger partial charge is 0.295 e. The summed E-state index contributed by atoms with van der Waals surface area (Å²) in [6, 6.07) is 4.75. The highest BCUT2D eigenvalue weighted by molar-refractivity contribution is 5.77. The van der Waals surface area contributed by atoms with Crippen LogP contribution in [0, 0.1) is 16.0 Å². The molecule has 7 nitrogen and oxygen atoms in total. The van der Waals surface area contributed by atoms with Crippen LogP contribution < -0.4 is 10.6 Å². The van der Waals surface area contributed by atoms with Crippen LogP contribution in [0.2, 0.25) is 0 Å². The molecule has 2 N–H and O–H groups in total. The van der Waals surface area contributed by atoms with Crippen molar-refractivity contribution in [2.24, 2.45) is 5.92 Å². The van der Waals surface area contributed by atoms with Gasteiger partial charge in [0, 0.05) is 18.7 Å². The normalized spacial score (nSPS) is 12.5. The van der Waals surface area contributed by atoms with Gasteiger partial charge in [-0.3, -0.25) is 10.1 Å². The third-order valence-corrected chi connectivity index (χ3v) is 2.74. The van der Waals surface area contributed by atoms with E-state index >= 15 is 0 Å². The standard InChI is InChI=1S/C12H16N4O3/c1-8(6-13-2)7-14-12-15-10-5-9(16(17)18)3-4-11(10)19-12/h3-5,8,13H,6-7H2,1-2H3,(H,14,15). The number of hydrogen-bond acceptors (Lipinski definition) is 6. The van der Waals surface area contributed by atoms with Crippen molar-refractivity contribution in [1.82, 2.24) is 10.3 Å². The molecule has 7 heteroatoms. The molecule has 1 heterocycles. The average Bonchev–Trinajstić information content (AvgIpc) is 2.78. The summed E-state index contributed by atoms with van der Waals surface area (Å²) in [6.07, 6.45) is 0. The topological polar surface area (TPSA) is 93.2 Å². The highest BCUT2D eigenvalue weighted by atomic mass is 16.6. The van der Waals surface area contributed by atoms with E-state index in [1.54, 1.807) is 6.07 Å². The molecule has 2 aromatic rings. The number of nitro benzene ring substituents is 1. The van der Waals surface area contributed by atoms with Gasteiger partial charge in [-0.25, -0.2) is 0 Å². The van der Waals surface area contributed by atoms with E-state index in [1.807, 2.05) is 7.05 Å². The van der Waals surface area contributed by atoms with E-state index in [4.69, 9.17) is 4.42 Å². The second kappa shape index (κ2) is 5.66. The van der Waals surface area contributed by atoms with E-state index < -0.39 is 4.92 Å². The van der Waals surface area contributed by atoms with Crippen LogP contribution in [0.3, 0.4) is 0 Å². The van der Waals surface area contributed by atoms with Gasteiger partial charge in [-0.15, -0.1) is 0 Å². The van der Waals surface area contributed by atoms with Gasteiger partial charge in [0.1, 0.15) is 5.52 Å². The molecule has 0 fully saturated rings. The lowest BCUT2D eigenvalue weighted by Crippen LogP contribution is -2.22. The zero-order valence-electron chi connectivity index (χ0n) is 10.8. The summed E-state index contributed by atoms with van der Waals surface area (Å²) in [7, 11) is 1.90. The fourth-order valence-electron chi connectivity index (χ4n) is 1.79. The van der Waals surface area contributed by atoms with Gasteiger partial charge in [-0.05, 0) is 25.6 Å². The number of nitro groups is 1. The van der Waals surface area contributed by atoms with E-state index in [2.05, 4.69) is 22.5 Å². The number of benzene rings is 1. The highest BCUT2D eigenvalue weighted by Gasteiger charge is 2.11. The van der Waals surface area contributed by atoms with Crippen molar-refractivity contribution in [1.29, 1.82) is 0 Å². The molecular formula is C12H16N4O3. The number of oxazole rings is 1. The lowest BCUT2D eigenvalue weighted by Gasteiger charge is -2.09. The molecule has 102 valence electrons. The summed E-state index contributed by atoms with van der Waals surface area (Å²) in [5.74, 6) is 0.425. The number of non-ortho nitro benzene ring substituents is 1. The Labute approximate surface area is 110 Å². The number of rotatable bonds is 6. The van der Waals surface area contributed by atoms with Crippen LogP contribution in [0.1, 0.15) is 6.92 Å². The van der Waals surface area contributed by atoms with Crippen LogP contribution in [0.4, 0.5) is 11.7 Å². The lowest BCUT2D eigenvalue weighted by atomic mass is 10.2. The average molecular weight is 264 g/mol. The maximum absolute atomic E-state index is 10.7. The highest BCUT2D eigenvalue weighted by Crippen LogP contribution is 2.23. The number of nitrogens with zero attached hydrogens (tertiary/aromatic N) is 2. The Morgan fingerprint density at radius 2 is 2.26 bits per heavy atom. The van der Waals surface area contributed by atoms with Crippen molar-refractivity contribution in [2.75, 3.05) is 25.5 Å². The third-order valence-electron chi connectivity index (χ3n) is 2.74. The number of aromatic nitrogens is 1. The van der Waals surface area contributed by atoms with E-state index in [-0.39, 0.29) is 5.69 Å². The summed E-state index contributed by atoms with van der Waals surface area (Å²) in [6.45, 7) is 3.70. The first kappa shape index (κ1) is 13.3. The molecular weight excluding hydrogens is 248 g/mol. The van der Waals surface area contributed by atoms with Crippen LogP contribution in [-0.4, -0.2) is 30.0 Å². The van der Waals surface area contributed by atoms with Gasteiger partial charge in [0.2, 0.25) is 0 Å². The van der Waals surface area contributed by atoms with Crippen LogP contribution >= 0.6 is 0 Å². The second-order valence-corrected chi connectivity index (χ2v) is 4.47. The Morgan fingerprint density at radius 3 is 2.95 bits per heavy atom. The van der Waals surface area contributed by atoms with Crippen molar-refractivity contribution in [3.8, 4) is 0 Å². The molecule has 19 heavy (non-hydrogen) atoms. The summed E-state index contributed by atoms with van der Waals surface area (Å²) >= 11 is 0. The van der Waals surface area contributed by atoms with E-state index in [0.717, 1.165) is 13.1 Å². The summed E-state index contributed by atoms with van der Waals surface area (Å²) in [5.41, 5.74) is 1.03. The van der Waals surface area contributed by atoms with Crippen molar-refractivity contribution < 1.29 is 9.34 Å². The third kappa shape index (κ3) is 3.19. The quantitative estimate of drug-likeness (QED) is 0.612. The molecule has 0 radical (unpaired) electrons. The van der Waals surface area contributed by atoms with Crippen molar-refractivity contribution >= 4 is 22.8 Å². The van der Waals surface area contributed by atoms with E-state index in [0.29, 0.717) is 23.0 Å². The second-order valence-electron chi connectivity index (χ2n) is 4.47. The minimum absolute atomic E-state index is 0.0101. The first-order chi connectivity index (χ1) is 9.10. The van der Waals surface area contributed by atoms with Gasteiger partial charge < -0.3 is 15.1 Å². The molecule has 0 bridgehead atoms. The zero-order valence-corrected chi connectivity index (χ0v) is 10.8. The van der Waals surface area contributed by atoms with Crippen LogP contribution in [-0.2, 0) is 0 Å². The predicted molar refractivity (Wildman–Crippen MR) is 72.2 cm³/mol. The fourth-order valence-corrected chi connectivity index (χ4v) is 1.79. The van der Waals surface area contributed by atoms with Crippen LogP contribution in [0.5, 0.6) is 0 Å². The SMILES string of the molecule is CNCC(C)CNc1nc2cc([N+](=O)[O-])ccc2o1. The molecule has 1 aromatic carbocycles. The molecule has 0 saturated heterocycles. The van der Waals surface area contributed by atoms with E-state index in [1.165, 1.54) is 12.1 Å². The maximum atomic E-state index is 10.7. The molecule has 1 unspecified atom stereocenters. The molecule has 1 atom stereocenters. The van der Waals surface area contributed by atoms with Gasteiger partial charge >= 0.3 is 0 Å². The molecule has 0 aliphatic rings. The van der Waals surface area contributed by atoms with Crippen molar-refractivity contribution in [2.45, 2.75) is 6.92 Å². The summed E-state index contributed by atoms with van der Waals surface area (Å²) in [5, 5.41) is 16.8. The molecule has 0 spiro atoms. The predicted octanol–water partition coefficient (Wildman–Crippen LogP) is 2.00. The number of hydrogen-bond donors (Lipinski definition) is 2. The number of anilines is 1. The molecule has 0 aliphatic carbocycles. The Bertz CT molecular complexity index is 581. The minimum Gasteiger partial charge on any atom is -0.424 e. The molecule has 0 aliphatic heterocycles. The van der Waals surface area contributed by atoms with Gasteiger partial charge in [-0.1, -0.05) is 6.92 Å². The van der Waals surface area contributed by atoms with Gasteiger partial charge in [0.15, 0.2) is 5.58 Å². The summed E-state index contributed by atoms with van der Waals surface area (Å²) < 4.78 is 5.47. The monoisotopic (exact) mass is 264 g/mol. The number of nitrogens with one attached hydrogen (secondary N) is 2. The Hall–Kier alpha value is -2.15. The zero-order chi connectivity index (χ0) is 13.8. The maximum Gasteiger partial charge on any atom is 0.295 e. The lowest BCUT2D eigenvalue weighted by molar-refractivity contribution is -0.384. The summed E-state index contributed by atoms with van der Waals surface area (Å²) in [4.78, 5) is 14.4. The number of fused-ring (bicyclic) bond motifs is 1. The Balaban J connectivity index is 2.11. The Kier molecular flexibility index (Phi) is 3.96. The van der Waals surface area contributed by atoms with Gasteiger partial charge in [0.25, 0.3) is 11.7 Å². The van der Waals surface area contributed by atoms with Crippen LogP contribution in [0.25, 0.3) is 11.1 Å². The van der Waals surface area contributed by atoms with Crippen LogP contribution in [0.15, 0.2) is 22.6 Å².